The van der Waals surface area contributed by atoms with E-state index in [0.717, 1.165) is 0 Å². The Morgan fingerprint density at radius 3 is 2.78 bits per heavy atom. The largest absolute Gasteiger partial charge is 0.393 e. The Hall–Kier alpha value is -0.670. The Morgan fingerprint density at radius 2 is 2.33 bits per heavy atom. The summed E-state index contributed by atoms with van der Waals surface area (Å²) in [5, 5.41) is 16.9. The summed E-state index contributed by atoms with van der Waals surface area (Å²) in [4.78, 5) is 3.71. The molecule has 0 aliphatic carbocycles. The van der Waals surface area contributed by atoms with Crippen LogP contribution in [0, 0.1) is 0 Å². The number of rotatable bonds is 4. The third-order valence-corrected chi connectivity index (χ3v) is 0.699. The lowest BCUT2D eigenvalue weighted by molar-refractivity contribution is 0.148. The number of nitrogens with zero attached hydrogens (tertiary/aromatic N) is 1. The van der Waals surface area contributed by atoms with Gasteiger partial charge < -0.3 is 10.2 Å². The maximum atomic E-state index is 8.65. The fraction of sp³-hybridized carbons (Fsp3) is 0.500. The fourth-order valence-corrected chi connectivity index (χ4v) is 0.304. The van der Waals surface area contributed by atoms with E-state index in [-0.39, 0.29) is 6.61 Å². The Balaban J connectivity index is 3.31. The molecule has 1 unspecified atom stereocenters. The van der Waals surface area contributed by atoms with Crippen LogP contribution in [-0.4, -0.2) is 35.7 Å². The molecule has 2 N–H and O–H groups in total. The molecular formula is C6H11NO2. The van der Waals surface area contributed by atoms with Crippen LogP contribution >= 0.6 is 0 Å². The van der Waals surface area contributed by atoms with Gasteiger partial charge in [0.25, 0.3) is 0 Å². The van der Waals surface area contributed by atoms with E-state index < -0.39 is 6.10 Å². The van der Waals surface area contributed by atoms with Crippen LogP contribution in [0.1, 0.15) is 0 Å². The van der Waals surface area contributed by atoms with Gasteiger partial charge in [-0.2, -0.15) is 0 Å². The average molecular weight is 129 g/mol. The third-order valence-electron chi connectivity index (χ3n) is 0.699. The molecule has 0 amide bonds. The van der Waals surface area contributed by atoms with Gasteiger partial charge in [-0.05, 0) is 0 Å². The molecule has 52 valence electrons. The van der Waals surface area contributed by atoms with Gasteiger partial charge >= 0.3 is 0 Å². The number of aliphatic hydroxyl groups is 2. The number of hydrogen-bond donors (Lipinski definition) is 2. The van der Waals surface area contributed by atoms with E-state index in [2.05, 4.69) is 11.6 Å². The monoisotopic (exact) mass is 129 g/mol. The molecule has 0 aliphatic heterocycles. The minimum absolute atomic E-state index is 0.277. The van der Waals surface area contributed by atoms with Crippen molar-refractivity contribution >= 4 is 6.21 Å². The second-order valence-electron chi connectivity index (χ2n) is 1.55. The summed E-state index contributed by atoms with van der Waals surface area (Å²) in [7, 11) is 0. The summed E-state index contributed by atoms with van der Waals surface area (Å²) in [6.45, 7) is 3.63. The van der Waals surface area contributed by atoms with Crippen molar-refractivity contribution in [2.24, 2.45) is 4.99 Å². The molecule has 1 atom stereocenters. The van der Waals surface area contributed by atoms with Crippen molar-refractivity contribution in [2.75, 3.05) is 13.2 Å². The Bertz CT molecular complexity index is 101. The molecule has 9 heavy (non-hydrogen) atoms. The van der Waals surface area contributed by atoms with E-state index in [1.165, 1.54) is 6.21 Å². The van der Waals surface area contributed by atoms with E-state index in [4.69, 9.17) is 10.2 Å². The molecule has 3 heteroatoms. The lowest BCUT2D eigenvalue weighted by atomic mass is 10.4. The van der Waals surface area contributed by atoms with E-state index in [1.807, 2.05) is 0 Å². The van der Waals surface area contributed by atoms with Crippen molar-refractivity contribution in [3.63, 3.8) is 0 Å². The molecule has 0 saturated heterocycles. The summed E-state index contributed by atoms with van der Waals surface area (Å²) in [5.74, 6) is 0. The molecule has 0 spiro atoms. The lowest BCUT2D eigenvalue weighted by Crippen LogP contribution is -2.12. The summed E-state index contributed by atoms with van der Waals surface area (Å²) >= 11 is 0. The van der Waals surface area contributed by atoms with Crippen molar-refractivity contribution in [1.82, 2.24) is 0 Å². The first-order chi connectivity index (χ1) is 4.31. The van der Waals surface area contributed by atoms with Gasteiger partial charge in [0, 0.05) is 6.21 Å². The predicted molar refractivity (Wildman–Crippen MR) is 36.6 cm³/mol. The highest BCUT2D eigenvalue weighted by Gasteiger charge is 1.92. The minimum Gasteiger partial charge on any atom is -0.393 e. The first kappa shape index (κ1) is 8.33. The number of aliphatic hydroxyl groups excluding tert-OH is 2. The highest BCUT2D eigenvalue weighted by molar-refractivity contribution is 5.62. The van der Waals surface area contributed by atoms with Gasteiger partial charge in [0.15, 0.2) is 0 Å². The summed E-state index contributed by atoms with van der Waals surface area (Å²) in [6, 6.07) is 0. The molecule has 0 radical (unpaired) electrons. The second kappa shape index (κ2) is 5.47. The SMILES string of the molecule is C=CC/N=C\C(O)CO. The van der Waals surface area contributed by atoms with Crippen LogP contribution in [0.25, 0.3) is 0 Å². The van der Waals surface area contributed by atoms with E-state index >= 15 is 0 Å². The first-order valence-electron chi connectivity index (χ1n) is 2.71. The summed E-state index contributed by atoms with van der Waals surface area (Å²) < 4.78 is 0. The smallest absolute Gasteiger partial charge is 0.112 e. The van der Waals surface area contributed by atoms with Crippen LogP contribution in [-0.2, 0) is 0 Å². The normalized spacial score (nSPS) is 14.0. The predicted octanol–water partition coefficient (Wildman–Crippen LogP) is -0.404. The molecular weight excluding hydrogens is 118 g/mol. The van der Waals surface area contributed by atoms with E-state index in [1.54, 1.807) is 6.08 Å². The second-order valence-corrected chi connectivity index (χ2v) is 1.55. The van der Waals surface area contributed by atoms with Crippen LogP contribution in [0.5, 0.6) is 0 Å². The van der Waals surface area contributed by atoms with Crippen molar-refractivity contribution in [2.45, 2.75) is 6.10 Å². The number of aliphatic imine (C=N–C) groups is 1. The zero-order valence-corrected chi connectivity index (χ0v) is 5.20. The van der Waals surface area contributed by atoms with Crippen molar-refractivity contribution in [1.29, 1.82) is 0 Å². The summed E-state index contributed by atoms with van der Waals surface area (Å²) in [5.41, 5.74) is 0. The molecule has 0 aromatic heterocycles. The highest BCUT2D eigenvalue weighted by Crippen LogP contribution is 1.75. The lowest BCUT2D eigenvalue weighted by Gasteiger charge is -1.95. The van der Waals surface area contributed by atoms with Gasteiger partial charge in [-0.25, -0.2) is 0 Å². The van der Waals surface area contributed by atoms with Gasteiger partial charge in [0.1, 0.15) is 6.10 Å². The van der Waals surface area contributed by atoms with Crippen LogP contribution < -0.4 is 0 Å². The molecule has 0 aromatic rings. The maximum absolute atomic E-state index is 8.65. The zero-order chi connectivity index (χ0) is 7.11. The molecule has 0 heterocycles. The molecule has 0 fully saturated rings. The van der Waals surface area contributed by atoms with Gasteiger partial charge in [-0.1, -0.05) is 6.08 Å². The van der Waals surface area contributed by atoms with Gasteiger partial charge in [-0.15, -0.1) is 6.58 Å². The maximum Gasteiger partial charge on any atom is 0.112 e. The van der Waals surface area contributed by atoms with Crippen LogP contribution in [0.3, 0.4) is 0 Å². The van der Waals surface area contributed by atoms with Gasteiger partial charge in [-0.3, -0.25) is 4.99 Å². The van der Waals surface area contributed by atoms with E-state index in [0.29, 0.717) is 6.54 Å². The minimum atomic E-state index is -0.829. The Morgan fingerprint density at radius 1 is 1.67 bits per heavy atom. The van der Waals surface area contributed by atoms with Crippen LogP contribution in [0.15, 0.2) is 17.6 Å². The van der Waals surface area contributed by atoms with Gasteiger partial charge in [0.05, 0.1) is 13.2 Å². The molecule has 0 aromatic carbocycles. The molecule has 3 nitrogen and oxygen atoms in total. The third kappa shape index (κ3) is 5.20. The molecule has 0 aliphatic rings. The van der Waals surface area contributed by atoms with Crippen molar-refractivity contribution in [3.05, 3.63) is 12.7 Å². The van der Waals surface area contributed by atoms with Crippen molar-refractivity contribution < 1.29 is 10.2 Å². The number of hydrogen-bond acceptors (Lipinski definition) is 3. The van der Waals surface area contributed by atoms with E-state index in [9.17, 15) is 0 Å². The van der Waals surface area contributed by atoms with Crippen molar-refractivity contribution in [3.8, 4) is 0 Å². The quantitative estimate of drug-likeness (QED) is 0.400. The Kier molecular flexibility index (Phi) is 5.06. The first-order valence-corrected chi connectivity index (χ1v) is 2.71. The molecule has 0 rings (SSSR count). The van der Waals surface area contributed by atoms with Crippen LogP contribution in [0.2, 0.25) is 0 Å². The van der Waals surface area contributed by atoms with Gasteiger partial charge in [0.2, 0.25) is 0 Å². The topological polar surface area (TPSA) is 52.8 Å². The fourth-order valence-electron chi connectivity index (χ4n) is 0.304. The Labute approximate surface area is 54.4 Å². The zero-order valence-electron chi connectivity index (χ0n) is 5.20. The highest BCUT2D eigenvalue weighted by atomic mass is 16.3. The average Bonchev–Trinajstić information content (AvgIpc) is 1.89. The summed E-state index contributed by atoms with van der Waals surface area (Å²) in [6.07, 6.45) is 2.08. The molecule has 0 saturated carbocycles. The molecule has 0 bridgehead atoms. The standard InChI is InChI=1S/C6H11NO2/c1-2-3-7-4-6(9)5-8/h2,4,6,8-9H,1,3,5H2/b7-4-. The van der Waals surface area contributed by atoms with Crippen LogP contribution in [0.4, 0.5) is 0 Å².